The average Bonchev–Trinajstić information content (AvgIpc) is 3.24. The molecule has 0 spiro atoms. The predicted molar refractivity (Wildman–Crippen MR) is 121 cm³/mol. The Balaban J connectivity index is 1.98. The first-order valence-corrected chi connectivity index (χ1v) is 11.8. The van der Waals surface area contributed by atoms with Crippen molar-refractivity contribution in [3.05, 3.63) is 12.1 Å². The zero-order chi connectivity index (χ0) is 22.2. The first-order chi connectivity index (χ1) is 15.1. The van der Waals surface area contributed by atoms with Crippen LogP contribution in [0, 0.1) is 0 Å². The van der Waals surface area contributed by atoms with Crippen molar-refractivity contribution < 1.29 is 19.0 Å². The zero-order valence-corrected chi connectivity index (χ0v) is 19.6. The van der Waals surface area contributed by atoms with Crippen molar-refractivity contribution in [2.45, 2.75) is 56.6 Å². The van der Waals surface area contributed by atoms with Gasteiger partial charge in [-0.2, -0.15) is 0 Å². The number of carbonyl (C=O) groups is 1. The van der Waals surface area contributed by atoms with Crippen LogP contribution in [0.5, 0.6) is 17.2 Å². The molecule has 8 nitrogen and oxygen atoms in total. The van der Waals surface area contributed by atoms with E-state index in [-0.39, 0.29) is 5.91 Å². The van der Waals surface area contributed by atoms with Gasteiger partial charge in [0, 0.05) is 18.2 Å². The molecule has 9 heteroatoms. The second-order valence-corrected chi connectivity index (χ2v) is 8.46. The topological polar surface area (TPSA) is 87.5 Å². The van der Waals surface area contributed by atoms with Gasteiger partial charge in [0.2, 0.25) is 11.7 Å². The Bertz CT molecular complexity index is 855. The molecule has 0 aliphatic heterocycles. The number of hydrogen-bond donors (Lipinski definition) is 1. The highest BCUT2D eigenvalue weighted by molar-refractivity contribution is 7.99. The van der Waals surface area contributed by atoms with Crippen LogP contribution in [-0.2, 0) is 4.79 Å². The molecular formula is C22H32N4O4S. The molecule has 1 N–H and O–H groups in total. The summed E-state index contributed by atoms with van der Waals surface area (Å²) in [4.78, 5) is 12.1. The zero-order valence-electron chi connectivity index (χ0n) is 18.8. The molecule has 1 fully saturated rings. The summed E-state index contributed by atoms with van der Waals surface area (Å²) in [7, 11) is 4.79. The predicted octanol–water partition coefficient (Wildman–Crippen LogP) is 4.09. The van der Waals surface area contributed by atoms with Crippen LogP contribution in [0.1, 0.15) is 51.5 Å². The first kappa shape index (κ1) is 23.2. The number of nitrogens with zero attached hydrogens (tertiary/aromatic N) is 3. The van der Waals surface area contributed by atoms with E-state index in [1.165, 1.54) is 31.0 Å². The van der Waals surface area contributed by atoms with E-state index in [1.807, 2.05) is 19.1 Å². The van der Waals surface area contributed by atoms with Crippen molar-refractivity contribution in [1.82, 2.24) is 20.1 Å². The summed E-state index contributed by atoms with van der Waals surface area (Å²) >= 11 is 1.43. The van der Waals surface area contributed by atoms with Gasteiger partial charge in [0.1, 0.15) is 0 Å². The summed E-state index contributed by atoms with van der Waals surface area (Å²) in [5, 5.41) is 12.7. The van der Waals surface area contributed by atoms with Gasteiger partial charge < -0.3 is 19.5 Å². The molecule has 170 valence electrons. The first-order valence-electron chi connectivity index (χ1n) is 10.8. The van der Waals surface area contributed by atoms with E-state index >= 15 is 0 Å². The van der Waals surface area contributed by atoms with Crippen molar-refractivity contribution in [2.24, 2.45) is 0 Å². The van der Waals surface area contributed by atoms with Gasteiger partial charge >= 0.3 is 0 Å². The standard InChI is InChI=1S/C22H32N4O4S/c1-5-11-23-19(27)14-31-22-25-24-21(26(22)16-9-7-6-8-10-16)15-12-17(28-2)20(30-4)18(13-15)29-3/h12-13,16H,5-11,14H2,1-4H3,(H,23,27). The minimum absolute atomic E-state index is 0.0133. The molecule has 3 rings (SSSR count). The summed E-state index contributed by atoms with van der Waals surface area (Å²) in [5.41, 5.74) is 0.842. The Morgan fingerprint density at radius 1 is 1.10 bits per heavy atom. The van der Waals surface area contributed by atoms with Gasteiger partial charge in [0.15, 0.2) is 22.5 Å². The molecular weight excluding hydrogens is 416 g/mol. The molecule has 1 aromatic carbocycles. The molecule has 1 saturated carbocycles. The number of hydrogen-bond acceptors (Lipinski definition) is 7. The molecule has 1 aliphatic rings. The van der Waals surface area contributed by atoms with Crippen LogP contribution in [0.15, 0.2) is 17.3 Å². The molecule has 0 radical (unpaired) electrons. The molecule has 1 aliphatic carbocycles. The number of methoxy groups -OCH3 is 3. The van der Waals surface area contributed by atoms with E-state index < -0.39 is 0 Å². The Morgan fingerprint density at radius 3 is 2.35 bits per heavy atom. The quantitative estimate of drug-likeness (QED) is 0.548. The normalized spacial score (nSPS) is 14.3. The van der Waals surface area contributed by atoms with Crippen molar-refractivity contribution >= 4 is 17.7 Å². The minimum Gasteiger partial charge on any atom is -0.493 e. The number of benzene rings is 1. The van der Waals surface area contributed by atoms with Crippen LogP contribution in [0.25, 0.3) is 11.4 Å². The highest BCUT2D eigenvalue weighted by Gasteiger charge is 2.26. The van der Waals surface area contributed by atoms with Gasteiger partial charge in [-0.25, -0.2) is 0 Å². The summed E-state index contributed by atoms with van der Waals surface area (Å²) in [6.07, 6.45) is 6.67. The smallest absolute Gasteiger partial charge is 0.230 e. The van der Waals surface area contributed by atoms with Crippen LogP contribution >= 0.6 is 11.8 Å². The van der Waals surface area contributed by atoms with Crippen LogP contribution < -0.4 is 19.5 Å². The number of rotatable bonds is 10. The van der Waals surface area contributed by atoms with Crippen LogP contribution in [0.4, 0.5) is 0 Å². The third kappa shape index (κ3) is 5.44. The molecule has 0 atom stereocenters. The SMILES string of the molecule is CCCNC(=O)CSc1nnc(-c2cc(OC)c(OC)c(OC)c2)n1C1CCCCC1. The van der Waals surface area contributed by atoms with Crippen molar-refractivity contribution in [2.75, 3.05) is 33.6 Å². The maximum absolute atomic E-state index is 12.1. The Morgan fingerprint density at radius 2 is 1.77 bits per heavy atom. The second-order valence-electron chi connectivity index (χ2n) is 7.52. The van der Waals surface area contributed by atoms with E-state index in [2.05, 4.69) is 20.1 Å². The van der Waals surface area contributed by atoms with Gasteiger partial charge in [-0.15, -0.1) is 10.2 Å². The lowest BCUT2D eigenvalue weighted by molar-refractivity contribution is -0.118. The number of nitrogens with one attached hydrogen (secondary N) is 1. The fourth-order valence-electron chi connectivity index (χ4n) is 3.90. The summed E-state index contributed by atoms with van der Waals surface area (Å²) in [6, 6.07) is 4.10. The number of thioether (sulfide) groups is 1. The lowest BCUT2D eigenvalue weighted by atomic mass is 9.95. The Kier molecular flexibility index (Phi) is 8.45. The molecule has 1 aromatic heterocycles. The summed E-state index contributed by atoms with van der Waals surface area (Å²) in [5.74, 6) is 2.77. The fourth-order valence-corrected chi connectivity index (χ4v) is 4.73. The number of amides is 1. The van der Waals surface area contributed by atoms with Crippen LogP contribution in [-0.4, -0.2) is 54.3 Å². The maximum atomic E-state index is 12.1. The van der Waals surface area contributed by atoms with Gasteiger partial charge in [-0.05, 0) is 31.4 Å². The number of carbonyl (C=O) groups excluding carboxylic acids is 1. The van der Waals surface area contributed by atoms with Crippen molar-refractivity contribution in [3.63, 3.8) is 0 Å². The summed E-state index contributed by atoms with van der Waals surface area (Å²) < 4.78 is 18.7. The van der Waals surface area contributed by atoms with E-state index in [0.29, 0.717) is 35.6 Å². The van der Waals surface area contributed by atoms with Crippen molar-refractivity contribution in [1.29, 1.82) is 0 Å². The lowest BCUT2D eigenvalue weighted by Gasteiger charge is -2.26. The van der Waals surface area contributed by atoms with E-state index in [0.717, 1.165) is 35.8 Å². The third-order valence-corrected chi connectivity index (χ3v) is 6.37. The van der Waals surface area contributed by atoms with Gasteiger partial charge in [-0.1, -0.05) is 37.9 Å². The Labute approximate surface area is 188 Å². The largest absolute Gasteiger partial charge is 0.493 e. The summed E-state index contributed by atoms with van der Waals surface area (Å²) in [6.45, 7) is 2.72. The van der Waals surface area contributed by atoms with Crippen LogP contribution in [0.3, 0.4) is 0 Å². The average molecular weight is 449 g/mol. The van der Waals surface area contributed by atoms with E-state index in [1.54, 1.807) is 21.3 Å². The minimum atomic E-state index is 0.0133. The lowest BCUT2D eigenvalue weighted by Crippen LogP contribution is -2.26. The van der Waals surface area contributed by atoms with E-state index in [9.17, 15) is 4.79 Å². The monoisotopic (exact) mass is 448 g/mol. The third-order valence-electron chi connectivity index (χ3n) is 5.43. The van der Waals surface area contributed by atoms with E-state index in [4.69, 9.17) is 14.2 Å². The number of ether oxygens (including phenoxy) is 3. The Hall–Kier alpha value is -2.42. The van der Waals surface area contributed by atoms with Gasteiger partial charge in [-0.3, -0.25) is 9.36 Å². The molecule has 0 bridgehead atoms. The van der Waals surface area contributed by atoms with Crippen LogP contribution in [0.2, 0.25) is 0 Å². The maximum Gasteiger partial charge on any atom is 0.230 e. The van der Waals surface area contributed by atoms with Crippen molar-refractivity contribution in [3.8, 4) is 28.6 Å². The fraction of sp³-hybridized carbons (Fsp3) is 0.591. The molecule has 31 heavy (non-hydrogen) atoms. The molecule has 1 amide bonds. The molecule has 0 saturated heterocycles. The van der Waals surface area contributed by atoms with Gasteiger partial charge in [0.25, 0.3) is 0 Å². The van der Waals surface area contributed by atoms with Gasteiger partial charge in [0.05, 0.1) is 27.1 Å². The second kappa shape index (κ2) is 11.3. The molecule has 0 unspecified atom stereocenters. The highest BCUT2D eigenvalue weighted by Crippen LogP contribution is 2.42. The highest BCUT2D eigenvalue weighted by atomic mass is 32.2. The molecule has 1 heterocycles. The molecule has 2 aromatic rings. The number of aromatic nitrogens is 3.